The summed E-state index contributed by atoms with van der Waals surface area (Å²) in [6.07, 6.45) is 1.19. The first-order valence-corrected chi connectivity index (χ1v) is 8.98. The molecule has 90 valence electrons. The van der Waals surface area contributed by atoms with Crippen LogP contribution in [0.3, 0.4) is 0 Å². The number of likely N-dealkylation sites (N-methyl/N-ethyl adjacent to an activating group) is 1. The Morgan fingerprint density at radius 3 is 3.06 bits per heavy atom. The molecular formula is C12H19NS3. The van der Waals surface area contributed by atoms with Crippen molar-refractivity contribution in [3.8, 4) is 0 Å². The molecule has 0 amide bonds. The molecule has 4 heteroatoms. The van der Waals surface area contributed by atoms with Gasteiger partial charge in [0.1, 0.15) is 0 Å². The summed E-state index contributed by atoms with van der Waals surface area (Å²) < 4.78 is 0. The third kappa shape index (κ3) is 3.69. The second-order valence-corrected chi connectivity index (χ2v) is 7.26. The first-order chi connectivity index (χ1) is 7.90. The van der Waals surface area contributed by atoms with E-state index in [9.17, 15) is 0 Å². The van der Waals surface area contributed by atoms with Gasteiger partial charge >= 0.3 is 0 Å². The molecular weight excluding hydrogens is 254 g/mol. The first kappa shape index (κ1) is 12.8. The molecule has 0 radical (unpaired) electrons. The highest BCUT2D eigenvalue weighted by atomic mass is 32.2. The van der Waals surface area contributed by atoms with Crippen LogP contribution in [0.4, 0.5) is 0 Å². The lowest BCUT2D eigenvalue weighted by atomic mass is 10.1. The van der Waals surface area contributed by atoms with Gasteiger partial charge < -0.3 is 5.32 Å². The maximum absolute atomic E-state index is 3.66. The summed E-state index contributed by atoms with van der Waals surface area (Å²) in [5.74, 6) is 3.96. The smallest absolute Gasteiger partial charge is 0.0295 e. The second-order valence-electron chi connectivity index (χ2n) is 3.98. The van der Waals surface area contributed by atoms with Crippen molar-refractivity contribution in [3.63, 3.8) is 0 Å². The zero-order valence-electron chi connectivity index (χ0n) is 9.65. The topological polar surface area (TPSA) is 12.0 Å². The fraction of sp³-hybridized carbons (Fsp3) is 0.667. The van der Waals surface area contributed by atoms with Crippen molar-refractivity contribution in [2.24, 2.45) is 0 Å². The third-order valence-electron chi connectivity index (χ3n) is 2.79. The molecule has 1 saturated heterocycles. The van der Waals surface area contributed by atoms with Crippen molar-refractivity contribution >= 4 is 34.9 Å². The van der Waals surface area contributed by atoms with E-state index in [0.717, 1.165) is 11.8 Å². The molecule has 0 spiro atoms. The summed E-state index contributed by atoms with van der Waals surface area (Å²) in [4.78, 5) is 0. The van der Waals surface area contributed by atoms with Crippen LogP contribution in [0.5, 0.6) is 0 Å². The predicted octanol–water partition coefficient (Wildman–Crippen LogP) is 3.12. The summed E-state index contributed by atoms with van der Waals surface area (Å²) in [5, 5.41) is 8.92. The standard InChI is InChI=1S/C12H19NS3/c1-2-13-11(7-10-3-4-14-8-10)12-9-15-5-6-16-12/h3-4,8,11-13H,2,5-7,9H2,1H3. The van der Waals surface area contributed by atoms with Crippen LogP contribution in [0.2, 0.25) is 0 Å². The van der Waals surface area contributed by atoms with Gasteiger partial charge in [-0.05, 0) is 35.4 Å². The minimum absolute atomic E-state index is 0.650. The molecule has 0 aliphatic carbocycles. The highest BCUT2D eigenvalue weighted by Crippen LogP contribution is 2.28. The Bertz CT molecular complexity index is 280. The maximum atomic E-state index is 3.66. The molecule has 1 fully saturated rings. The Labute approximate surface area is 111 Å². The summed E-state index contributed by atoms with van der Waals surface area (Å²) >= 11 is 6.07. The van der Waals surface area contributed by atoms with Crippen molar-refractivity contribution in [2.45, 2.75) is 24.6 Å². The van der Waals surface area contributed by atoms with Crippen molar-refractivity contribution in [3.05, 3.63) is 22.4 Å². The molecule has 0 bridgehead atoms. The van der Waals surface area contributed by atoms with Crippen LogP contribution >= 0.6 is 34.9 Å². The number of thiophene rings is 1. The van der Waals surface area contributed by atoms with Gasteiger partial charge in [0.2, 0.25) is 0 Å². The molecule has 1 aliphatic rings. The molecule has 2 unspecified atom stereocenters. The summed E-state index contributed by atoms with van der Waals surface area (Å²) in [6, 6.07) is 2.91. The van der Waals surface area contributed by atoms with Gasteiger partial charge in [-0.1, -0.05) is 6.92 Å². The van der Waals surface area contributed by atoms with E-state index in [4.69, 9.17) is 0 Å². The Morgan fingerprint density at radius 2 is 2.44 bits per heavy atom. The average Bonchev–Trinajstić information content (AvgIpc) is 2.83. The normalized spacial score (nSPS) is 23.2. The van der Waals surface area contributed by atoms with Gasteiger partial charge in [-0.3, -0.25) is 0 Å². The van der Waals surface area contributed by atoms with Gasteiger partial charge in [-0.15, -0.1) is 0 Å². The summed E-state index contributed by atoms with van der Waals surface area (Å²) in [5.41, 5.74) is 1.49. The molecule has 1 nitrogen and oxygen atoms in total. The van der Waals surface area contributed by atoms with Gasteiger partial charge in [-0.25, -0.2) is 0 Å². The highest BCUT2D eigenvalue weighted by molar-refractivity contribution is 8.06. The minimum Gasteiger partial charge on any atom is -0.313 e. The Balaban J connectivity index is 1.92. The molecule has 0 aromatic carbocycles. The minimum atomic E-state index is 0.650. The van der Waals surface area contributed by atoms with Crippen LogP contribution in [-0.4, -0.2) is 35.1 Å². The molecule has 1 aliphatic heterocycles. The monoisotopic (exact) mass is 273 g/mol. The molecule has 2 rings (SSSR count). The van der Waals surface area contributed by atoms with E-state index in [-0.39, 0.29) is 0 Å². The fourth-order valence-corrected chi connectivity index (χ4v) is 5.57. The van der Waals surface area contributed by atoms with Crippen LogP contribution < -0.4 is 5.32 Å². The van der Waals surface area contributed by atoms with Crippen LogP contribution in [-0.2, 0) is 6.42 Å². The van der Waals surface area contributed by atoms with Gasteiger partial charge in [0, 0.05) is 28.6 Å². The predicted molar refractivity (Wildman–Crippen MR) is 79.1 cm³/mol. The SMILES string of the molecule is CCNC(Cc1ccsc1)C1CSCCS1. The quantitative estimate of drug-likeness (QED) is 0.885. The first-order valence-electron chi connectivity index (χ1n) is 5.84. The largest absolute Gasteiger partial charge is 0.313 e. The van der Waals surface area contributed by atoms with Gasteiger partial charge in [0.05, 0.1) is 0 Å². The molecule has 2 atom stereocenters. The van der Waals surface area contributed by atoms with E-state index < -0.39 is 0 Å². The summed E-state index contributed by atoms with van der Waals surface area (Å²) in [7, 11) is 0. The lowest BCUT2D eigenvalue weighted by Crippen LogP contribution is -2.42. The van der Waals surface area contributed by atoms with E-state index >= 15 is 0 Å². The van der Waals surface area contributed by atoms with E-state index in [1.807, 2.05) is 0 Å². The van der Waals surface area contributed by atoms with E-state index in [1.54, 1.807) is 11.3 Å². The van der Waals surface area contributed by atoms with Gasteiger partial charge in [0.25, 0.3) is 0 Å². The number of hydrogen-bond acceptors (Lipinski definition) is 4. The number of hydrogen-bond donors (Lipinski definition) is 1. The Kier molecular flexibility index (Phi) is 5.56. The second kappa shape index (κ2) is 6.94. The van der Waals surface area contributed by atoms with Crippen LogP contribution in [0.1, 0.15) is 12.5 Å². The van der Waals surface area contributed by atoms with Crippen molar-refractivity contribution in [2.75, 3.05) is 23.8 Å². The lowest BCUT2D eigenvalue weighted by Gasteiger charge is -2.30. The van der Waals surface area contributed by atoms with E-state index in [2.05, 4.69) is 52.6 Å². The molecule has 16 heavy (non-hydrogen) atoms. The van der Waals surface area contributed by atoms with Crippen LogP contribution in [0, 0.1) is 0 Å². The fourth-order valence-electron chi connectivity index (χ4n) is 2.00. The number of rotatable bonds is 5. The Hall–Kier alpha value is 0.360. The van der Waals surface area contributed by atoms with E-state index in [0.29, 0.717) is 6.04 Å². The number of nitrogens with one attached hydrogen (secondary N) is 1. The lowest BCUT2D eigenvalue weighted by molar-refractivity contribution is 0.523. The molecule has 2 heterocycles. The van der Waals surface area contributed by atoms with Crippen molar-refractivity contribution in [1.29, 1.82) is 0 Å². The highest BCUT2D eigenvalue weighted by Gasteiger charge is 2.24. The molecule has 0 saturated carbocycles. The van der Waals surface area contributed by atoms with Crippen LogP contribution in [0.15, 0.2) is 16.8 Å². The Morgan fingerprint density at radius 1 is 1.50 bits per heavy atom. The zero-order chi connectivity index (χ0) is 11.2. The maximum Gasteiger partial charge on any atom is 0.0295 e. The van der Waals surface area contributed by atoms with Gasteiger partial charge in [-0.2, -0.15) is 34.9 Å². The van der Waals surface area contributed by atoms with Gasteiger partial charge in [0.15, 0.2) is 0 Å². The molecule has 1 aromatic heterocycles. The van der Waals surface area contributed by atoms with Crippen molar-refractivity contribution in [1.82, 2.24) is 5.32 Å². The third-order valence-corrected chi connectivity index (χ3v) is 6.44. The zero-order valence-corrected chi connectivity index (χ0v) is 12.1. The summed E-state index contributed by atoms with van der Waals surface area (Å²) in [6.45, 7) is 3.29. The van der Waals surface area contributed by atoms with Crippen molar-refractivity contribution < 1.29 is 0 Å². The average molecular weight is 273 g/mol. The molecule has 1 N–H and O–H groups in total. The molecule has 1 aromatic rings. The number of thioether (sulfide) groups is 2. The van der Waals surface area contributed by atoms with Crippen LogP contribution in [0.25, 0.3) is 0 Å². The van der Waals surface area contributed by atoms with E-state index in [1.165, 1.54) is 29.2 Å².